The molecule has 0 radical (unpaired) electrons. The summed E-state index contributed by atoms with van der Waals surface area (Å²) in [6.45, 7) is 11.8. The van der Waals surface area contributed by atoms with Crippen molar-refractivity contribution in [2.24, 2.45) is 11.8 Å². The van der Waals surface area contributed by atoms with E-state index < -0.39 is 0 Å². The molecule has 1 N–H and O–H groups in total. The van der Waals surface area contributed by atoms with Gasteiger partial charge in [-0.3, -0.25) is 0 Å². The molecule has 0 saturated carbocycles. The molecule has 142 valence electrons. The minimum atomic E-state index is 0.495. The summed E-state index contributed by atoms with van der Waals surface area (Å²) in [5.41, 5.74) is 2.53. The SMILES string of the molecule is CC(C)COc1ccc(CNCCc2ccccc2)c(OCC(C)C)c1. The number of benzene rings is 2. The van der Waals surface area contributed by atoms with Crippen molar-refractivity contribution in [2.75, 3.05) is 19.8 Å². The molecular formula is C23H33NO2. The molecule has 26 heavy (non-hydrogen) atoms. The Morgan fingerprint density at radius 2 is 1.54 bits per heavy atom. The van der Waals surface area contributed by atoms with Gasteiger partial charge in [-0.25, -0.2) is 0 Å². The highest BCUT2D eigenvalue weighted by Crippen LogP contribution is 2.26. The molecule has 3 heteroatoms. The average molecular weight is 356 g/mol. The lowest BCUT2D eigenvalue weighted by Gasteiger charge is -2.16. The first-order chi connectivity index (χ1) is 12.5. The Balaban J connectivity index is 1.93. The molecule has 2 rings (SSSR count). The van der Waals surface area contributed by atoms with Crippen molar-refractivity contribution in [1.29, 1.82) is 0 Å². The van der Waals surface area contributed by atoms with Crippen molar-refractivity contribution in [3.8, 4) is 11.5 Å². The maximum absolute atomic E-state index is 6.04. The van der Waals surface area contributed by atoms with E-state index in [1.807, 2.05) is 12.1 Å². The van der Waals surface area contributed by atoms with Crippen LogP contribution in [0.4, 0.5) is 0 Å². The molecule has 3 nitrogen and oxygen atoms in total. The lowest BCUT2D eigenvalue weighted by Crippen LogP contribution is -2.18. The molecular weight excluding hydrogens is 322 g/mol. The van der Waals surface area contributed by atoms with E-state index in [2.05, 4.69) is 69.4 Å². The summed E-state index contributed by atoms with van der Waals surface area (Å²) < 4.78 is 11.9. The van der Waals surface area contributed by atoms with E-state index in [0.717, 1.165) is 37.6 Å². The van der Waals surface area contributed by atoms with Gasteiger partial charge in [-0.05, 0) is 36.4 Å². The molecule has 0 spiro atoms. The predicted octanol–water partition coefficient (Wildman–Crippen LogP) is 5.09. The molecule has 0 unspecified atom stereocenters. The number of nitrogens with one attached hydrogen (secondary N) is 1. The zero-order valence-electron chi connectivity index (χ0n) is 16.6. The number of hydrogen-bond acceptors (Lipinski definition) is 3. The quantitative estimate of drug-likeness (QED) is 0.570. The largest absolute Gasteiger partial charge is 0.493 e. The van der Waals surface area contributed by atoms with Crippen LogP contribution in [0.5, 0.6) is 11.5 Å². The molecule has 0 saturated heterocycles. The fourth-order valence-electron chi connectivity index (χ4n) is 2.52. The summed E-state index contributed by atoms with van der Waals surface area (Å²) in [7, 11) is 0. The van der Waals surface area contributed by atoms with Crippen molar-refractivity contribution in [1.82, 2.24) is 5.32 Å². The van der Waals surface area contributed by atoms with Gasteiger partial charge in [0.25, 0.3) is 0 Å². The van der Waals surface area contributed by atoms with E-state index >= 15 is 0 Å². The highest BCUT2D eigenvalue weighted by Gasteiger charge is 2.08. The van der Waals surface area contributed by atoms with Crippen molar-refractivity contribution in [3.05, 3.63) is 59.7 Å². The third-order valence-electron chi connectivity index (χ3n) is 3.94. The maximum atomic E-state index is 6.04. The fraction of sp³-hybridized carbons (Fsp3) is 0.478. The first-order valence-electron chi connectivity index (χ1n) is 9.67. The zero-order chi connectivity index (χ0) is 18.8. The summed E-state index contributed by atoms with van der Waals surface area (Å²) in [4.78, 5) is 0. The fourth-order valence-corrected chi connectivity index (χ4v) is 2.52. The van der Waals surface area contributed by atoms with Crippen LogP contribution in [-0.2, 0) is 13.0 Å². The van der Waals surface area contributed by atoms with Gasteiger partial charge in [0.2, 0.25) is 0 Å². The normalized spacial score (nSPS) is 11.2. The van der Waals surface area contributed by atoms with Crippen LogP contribution in [0.2, 0.25) is 0 Å². The van der Waals surface area contributed by atoms with Crippen molar-refractivity contribution >= 4 is 0 Å². The summed E-state index contributed by atoms with van der Waals surface area (Å²) in [6, 6.07) is 16.7. The van der Waals surface area contributed by atoms with E-state index in [1.54, 1.807) is 0 Å². The van der Waals surface area contributed by atoms with E-state index in [9.17, 15) is 0 Å². The monoisotopic (exact) mass is 355 g/mol. The van der Waals surface area contributed by atoms with Crippen LogP contribution in [0.1, 0.15) is 38.8 Å². The molecule has 0 aromatic heterocycles. The molecule has 2 aromatic rings. The van der Waals surface area contributed by atoms with Gasteiger partial charge in [-0.1, -0.05) is 64.1 Å². The van der Waals surface area contributed by atoms with Crippen LogP contribution < -0.4 is 14.8 Å². The van der Waals surface area contributed by atoms with Crippen LogP contribution in [0.3, 0.4) is 0 Å². The highest BCUT2D eigenvalue weighted by molar-refractivity contribution is 5.40. The second-order valence-electron chi connectivity index (χ2n) is 7.59. The van der Waals surface area contributed by atoms with Gasteiger partial charge in [0.1, 0.15) is 11.5 Å². The molecule has 0 fully saturated rings. The Hall–Kier alpha value is -2.00. The van der Waals surface area contributed by atoms with Crippen LogP contribution in [0.15, 0.2) is 48.5 Å². The molecule has 0 bridgehead atoms. The molecule has 0 amide bonds. The highest BCUT2D eigenvalue weighted by atomic mass is 16.5. The van der Waals surface area contributed by atoms with Gasteiger partial charge in [0.05, 0.1) is 13.2 Å². The minimum Gasteiger partial charge on any atom is -0.493 e. The van der Waals surface area contributed by atoms with Crippen LogP contribution in [-0.4, -0.2) is 19.8 Å². The third kappa shape index (κ3) is 7.49. The van der Waals surface area contributed by atoms with Gasteiger partial charge in [-0.2, -0.15) is 0 Å². The molecule has 0 aliphatic carbocycles. The van der Waals surface area contributed by atoms with Crippen molar-refractivity contribution in [2.45, 2.75) is 40.7 Å². The smallest absolute Gasteiger partial charge is 0.127 e. The molecule has 2 aromatic carbocycles. The third-order valence-corrected chi connectivity index (χ3v) is 3.94. The Labute approximate surface area is 158 Å². The van der Waals surface area contributed by atoms with Gasteiger partial charge < -0.3 is 14.8 Å². The first kappa shape index (κ1) is 20.3. The first-order valence-corrected chi connectivity index (χ1v) is 9.67. The molecule has 0 aliphatic rings. The van der Waals surface area contributed by atoms with Crippen LogP contribution >= 0.6 is 0 Å². The van der Waals surface area contributed by atoms with Crippen molar-refractivity contribution < 1.29 is 9.47 Å². The second kappa shape index (κ2) is 10.9. The number of rotatable bonds is 11. The van der Waals surface area contributed by atoms with Crippen LogP contribution in [0.25, 0.3) is 0 Å². The predicted molar refractivity (Wildman–Crippen MR) is 109 cm³/mol. The Morgan fingerprint density at radius 1 is 0.846 bits per heavy atom. The van der Waals surface area contributed by atoms with Crippen LogP contribution in [0, 0.1) is 11.8 Å². The van der Waals surface area contributed by atoms with E-state index in [0.29, 0.717) is 18.4 Å². The topological polar surface area (TPSA) is 30.5 Å². The number of hydrogen-bond donors (Lipinski definition) is 1. The summed E-state index contributed by atoms with van der Waals surface area (Å²) in [6.07, 6.45) is 1.03. The molecule has 0 atom stereocenters. The summed E-state index contributed by atoms with van der Waals surface area (Å²) in [5.74, 6) is 2.81. The number of ether oxygens (including phenoxy) is 2. The lowest BCUT2D eigenvalue weighted by molar-refractivity contribution is 0.256. The lowest BCUT2D eigenvalue weighted by atomic mass is 10.1. The van der Waals surface area contributed by atoms with Crippen molar-refractivity contribution in [3.63, 3.8) is 0 Å². The molecule has 0 aliphatic heterocycles. The van der Waals surface area contributed by atoms with Gasteiger partial charge in [-0.15, -0.1) is 0 Å². The Bertz CT molecular complexity index is 638. The zero-order valence-corrected chi connectivity index (χ0v) is 16.6. The van der Waals surface area contributed by atoms with E-state index in [-0.39, 0.29) is 0 Å². The Kier molecular flexibility index (Phi) is 8.49. The van der Waals surface area contributed by atoms with Gasteiger partial charge in [0.15, 0.2) is 0 Å². The van der Waals surface area contributed by atoms with Gasteiger partial charge in [0, 0.05) is 18.2 Å². The minimum absolute atomic E-state index is 0.495. The van der Waals surface area contributed by atoms with E-state index in [1.165, 1.54) is 11.1 Å². The molecule has 0 heterocycles. The summed E-state index contributed by atoms with van der Waals surface area (Å²) >= 11 is 0. The second-order valence-corrected chi connectivity index (χ2v) is 7.59. The maximum Gasteiger partial charge on any atom is 0.127 e. The Morgan fingerprint density at radius 3 is 2.23 bits per heavy atom. The van der Waals surface area contributed by atoms with E-state index in [4.69, 9.17) is 9.47 Å². The summed E-state index contributed by atoms with van der Waals surface area (Å²) in [5, 5.41) is 3.53. The van der Waals surface area contributed by atoms with Gasteiger partial charge >= 0.3 is 0 Å². The standard InChI is InChI=1S/C23H33NO2/c1-18(2)16-25-22-11-10-21(23(14-22)26-17-19(3)4)15-24-13-12-20-8-6-5-7-9-20/h5-11,14,18-19,24H,12-13,15-17H2,1-4H3. The average Bonchev–Trinajstić information content (AvgIpc) is 2.63.